The predicted molar refractivity (Wildman–Crippen MR) is 68.7 cm³/mol. The van der Waals surface area contributed by atoms with Crippen LogP contribution in [0.3, 0.4) is 0 Å². The molecule has 0 aliphatic carbocycles. The van der Waals surface area contributed by atoms with Gasteiger partial charge in [0, 0.05) is 31.7 Å². The van der Waals surface area contributed by atoms with E-state index in [9.17, 15) is 18.0 Å². The van der Waals surface area contributed by atoms with Gasteiger partial charge in [-0.25, -0.2) is 0 Å². The molecule has 1 aromatic heterocycles. The summed E-state index contributed by atoms with van der Waals surface area (Å²) in [6.07, 6.45) is -3.05. The quantitative estimate of drug-likeness (QED) is 0.928. The van der Waals surface area contributed by atoms with E-state index >= 15 is 0 Å². The standard InChI is InChI=1S/C13H18F3N3O2/c1-8(2)19-11(13(14,15)16)10(5-17-19)12(21)18-4-3-9(6-18)7-20/h5,8-9,20H,3-4,6-7H2,1-2H3. The van der Waals surface area contributed by atoms with Gasteiger partial charge in [0.15, 0.2) is 5.69 Å². The summed E-state index contributed by atoms with van der Waals surface area (Å²) in [6, 6.07) is -0.494. The molecule has 0 bridgehead atoms. The fourth-order valence-corrected chi connectivity index (χ4v) is 2.53. The van der Waals surface area contributed by atoms with E-state index in [4.69, 9.17) is 5.11 Å². The summed E-state index contributed by atoms with van der Waals surface area (Å²) in [4.78, 5) is 13.6. The zero-order valence-electron chi connectivity index (χ0n) is 11.9. The number of halogens is 3. The van der Waals surface area contributed by atoms with Crippen LogP contribution in [0.25, 0.3) is 0 Å². The summed E-state index contributed by atoms with van der Waals surface area (Å²) in [7, 11) is 0. The largest absolute Gasteiger partial charge is 0.433 e. The van der Waals surface area contributed by atoms with E-state index < -0.39 is 29.4 Å². The summed E-state index contributed by atoms with van der Waals surface area (Å²) < 4.78 is 40.5. The molecule has 1 fully saturated rings. The summed E-state index contributed by atoms with van der Waals surface area (Å²) in [6.45, 7) is 3.72. The maximum atomic E-state index is 13.2. The smallest absolute Gasteiger partial charge is 0.396 e. The van der Waals surface area contributed by atoms with E-state index in [1.165, 1.54) is 4.90 Å². The average molecular weight is 305 g/mol. The Kier molecular flexibility index (Phi) is 4.27. The zero-order chi connectivity index (χ0) is 15.8. The Morgan fingerprint density at radius 3 is 2.67 bits per heavy atom. The summed E-state index contributed by atoms with van der Waals surface area (Å²) in [5.74, 6) is -0.742. The van der Waals surface area contributed by atoms with Crippen molar-refractivity contribution >= 4 is 5.91 Å². The number of aliphatic hydroxyl groups excluding tert-OH is 1. The number of likely N-dealkylation sites (tertiary alicyclic amines) is 1. The Morgan fingerprint density at radius 2 is 2.19 bits per heavy atom. The first-order valence-electron chi connectivity index (χ1n) is 6.80. The van der Waals surface area contributed by atoms with Crippen molar-refractivity contribution in [3.05, 3.63) is 17.5 Å². The number of hydrogen-bond acceptors (Lipinski definition) is 3. The molecule has 21 heavy (non-hydrogen) atoms. The number of nitrogens with zero attached hydrogens (tertiary/aromatic N) is 3. The molecular weight excluding hydrogens is 287 g/mol. The SMILES string of the molecule is CC(C)n1ncc(C(=O)N2CCC(CO)C2)c1C(F)(F)F. The minimum atomic E-state index is -4.64. The van der Waals surface area contributed by atoms with Gasteiger partial charge in [0.1, 0.15) is 0 Å². The fourth-order valence-electron chi connectivity index (χ4n) is 2.53. The molecular formula is C13H18F3N3O2. The van der Waals surface area contributed by atoms with Gasteiger partial charge in [-0.2, -0.15) is 18.3 Å². The first kappa shape index (κ1) is 15.8. The van der Waals surface area contributed by atoms with Gasteiger partial charge >= 0.3 is 6.18 Å². The van der Waals surface area contributed by atoms with Crippen LogP contribution in [0.1, 0.15) is 42.4 Å². The van der Waals surface area contributed by atoms with Gasteiger partial charge in [0.25, 0.3) is 5.91 Å². The predicted octanol–water partition coefficient (Wildman–Crippen LogP) is 1.94. The maximum Gasteiger partial charge on any atom is 0.433 e. The molecule has 1 aromatic rings. The molecule has 2 rings (SSSR count). The molecule has 1 amide bonds. The molecule has 0 aromatic carbocycles. The monoisotopic (exact) mass is 305 g/mol. The number of carbonyl (C=O) groups excluding carboxylic acids is 1. The number of aliphatic hydroxyl groups is 1. The number of aromatic nitrogens is 2. The van der Waals surface area contributed by atoms with E-state index in [1.54, 1.807) is 13.8 Å². The molecule has 0 spiro atoms. The van der Waals surface area contributed by atoms with E-state index in [0.29, 0.717) is 13.0 Å². The number of amides is 1. The van der Waals surface area contributed by atoms with Gasteiger partial charge in [0.2, 0.25) is 0 Å². The molecule has 1 aliphatic heterocycles. The topological polar surface area (TPSA) is 58.4 Å². The van der Waals surface area contributed by atoms with E-state index in [0.717, 1.165) is 10.9 Å². The van der Waals surface area contributed by atoms with Crippen LogP contribution in [-0.2, 0) is 6.18 Å². The maximum absolute atomic E-state index is 13.2. The lowest BCUT2D eigenvalue weighted by Crippen LogP contribution is -2.31. The molecule has 118 valence electrons. The Morgan fingerprint density at radius 1 is 1.52 bits per heavy atom. The summed E-state index contributed by atoms with van der Waals surface area (Å²) >= 11 is 0. The highest BCUT2D eigenvalue weighted by molar-refractivity contribution is 5.95. The van der Waals surface area contributed by atoms with Gasteiger partial charge in [-0.1, -0.05) is 0 Å². The molecule has 1 aliphatic rings. The lowest BCUT2D eigenvalue weighted by molar-refractivity contribution is -0.145. The number of hydrogen-bond donors (Lipinski definition) is 1. The fraction of sp³-hybridized carbons (Fsp3) is 0.692. The minimum Gasteiger partial charge on any atom is -0.396 e. The molecule has 1 atom stereocenters. The van der Waals surface area contributed by atoms with E-state index in [1.807, 2.05) is 0 Å². The lowest BCUT2D eigenvalue weighted by Gasteiger charge is -2.18. The Bertz CT molecular complexity index is 525. The third-order valence-corrected chi connectivity index (χ3v) is 3.61. The summed E-state index contributed by atoms with van der Waals surface area (Å²) in [5, 5.41) is 12.8. The van der Waals surface area contributed by atoms with Crippen molar-refractivity contribution < 1.29 is 23.1 Å². The second kappa shape index (κ2) is 5.67. The molecule has 0 radical (unpaired) electrons. The third-order valence-electron chi connectivity index (χ3n) is 3.61. The highest BCUT2D eigenvalue weighted by Gasteiger charge is 2.42. The van der Waals surface area contributed by atoms with Gasteiger partial charge in [-0.3, -0.25) is 9.48 Å². The van der Waals surface area contributed by atoms with Crippen LogP contribution in [-0.4, -0.2) is 45.4 Å². The van der Waals surface area contributed by atoms with E-state index in [2.05, 4.69) is 5.10 Å². The first-order valence-corrected chi connectivity index (χ1v) is 6.80. The Labute approximate surface area is 120 Å². The lowest BCUT2D eigenvalue weighted by atomic mass is 10.1. The van der Waals surface area contributed by atoms with Crippen molar-refractivity contribution in [2.75, 3.05) is 19.7 Å². The zero-order valence-corrected chi connectivity index (χ0v) is 11.9. The van der Waals surface area contributed by atoms with Gasteiger partial charge in [-0.05, 0) is 20.3 Å². The Hall–Kier alpha value is -1.57. The first-order chi connectivity index (χ1) is 9.75. The number of carbonyl (C=O) groups is 1. The molecule has 1 N–H and O–H groups in total. The van der Waals surface area contributed by atoms with Crippen molar-refractivity contribution in [3.63, 3.8) is 0 Å². The molecule has 0 saturated carbocycles. The molecule has 5 nitrogen and oxygen atoms in total. The van der Waals surface area contributed by atoms with Crippen molar-refractivity contribution in [2.45, 2.75) is 32.5 Å². The molecule has 2 heterocycles. The van der Waals surface area contributed by atoms with Crippen molar-refractivity contribution in [1.82, 2.24) is 14.7 Å². The highest BCUT2D eigenvalue weighted by Crippen LogP contribution is 2.34. The number of alkyl halides is 3. The minimum absolute atomic E-state index is 0.0663. The van der Waals surface area contributed by atoms with Gasteiger partial charge < -0.3 is 10.0 Å². The van der Waals surface area contributed by atoms with Crippen LogP contribution in [0.2, 0.25) is 0 Å². The summed E-state index contributed by atoms with van der Waals surface area (Å²) in [5.41, 5.74) is -1.43. The van der Waals surface area contributed by atoms with Crippen molar-refractivity contribution in [1.29, 1.82) is 0 Å². The van der Waals surface area contributed by atoms with Gasteiger partial charge in [-0.15, -0.1) is 0 Å². The van der Waals surface area contributed by atoms with E-state index in [-0.39, 0.29) is 19.1 Å². The second-order valence-electron chi connectivity index (χ2n) is 5.53. The van der Waals surface area contributed by atoms with Crippen LogP contribution in [0.5, 0.6) is 0 Å². The molecule has 8 heteroatoms. The molecule has 1 saturated heterocycles. The third kappa shape index (κ3) is 3.04. The highest BCUT2D eigenvalue weighted by atomic mass is 19.4. The van der Waals surface area contributed by atoms with Crippen LogP contribution < -0.4 is 0 Å². The Balaban J connectivity index is 2.34. The van der Waals surface area contributed by atoms with Crippen LogP contribution in [0, 0.1) is 5.92 Å². The van der Waals surface area contributed by atoms with Crippen molar-refractivity contribution in [2.24, 2.45) is 5.92 Å². The second-order valence-corrected chi connectivity index (χ2v) is 5.53. The van der Waals surface area contributed by atoms with Crippen molar-refractivity contribution in [3.8, 4) is 0 Å². The van der Waals surface area contributed by atoms with Crippen LogP contribution >= 0.6 is 0 Å². The molecule has 1 unspecified atom stereocenters. The average Bonchev–Trinajstić information content (AvgIpc) is 3.03. The van der Waals surface area contributed by atoms with Crippen LogP contribution in [0.15, 0.2) is 6.20 Å². The normalized spacial score (nSPS) is 19.6. The van der Waals surface area contributed by atoms with Gasteiger partial charge in [0.05, 0.1) is 11.8 Å². The number of rotatable bonds is 3. The van der Waals surface area contributed by atoms with Crippen LogP contribution in [0.4, 0.5) is 13.2 Å².